The minimum atomic E-state index is 0.297. The first kappa shape index (κ1) is 23.1. The summed E-state index contributed by atoms with van der Waals surface area (Å²) in [4.78, 5) is 0. The van der Waals surface area contributed by atoms with Crippen molar-refractivity contribution in [2.24, 2.45) is 0 Å². The molecule has 0 spiro atoms. The Morgan fingerprint density at radius 2 is 1.47 bits per heavy atom. The van der Waals surface area contributed by atoms with E-state index < -0.39 is 0 Å². The molecule has 3 nitrogen and oxygen atoms in total. The number of hydrogen-bond donors (Lipinski definition) is 1. The molecule has 0 amide bonds. The third kappa shape index (κ3) is 6.44. The molecular formula is C23H21Cl4NO2. The summed E-state index contributed by atoms with van der Waals surface area (Å²) >= 11 is 24.4. The van der Waals surface area contributed by atoms with E-state index in [9.17, 15) is 0 Å². The Morgan fingerprint density at radius 1 is 0.767 bits per heavy atom. The van der Waals surface area contributed by atoms with E-state index in [1.165, 1.54) is 5.56 Å². The van der Waals surface area contributed by atoms with Crippen LogP contribution in [0.4, 0.5) is 0 Å². The van der Waals surface area contributed by atoms with Crippen molar-refractivity contribution in [2.75, 3.05) is 13.7 Å². The third-order valence-corrected chi connectivity index (χ3v) is 5.76. The molecule has 0 atom stereocenters. The van der Waals surface area contributed by atoms with Crippen LogP contribution in [0, 0.1) is 0 Å². The maximum Gasteiger partial charge on any atom is 0.180 e. The van der Waals surface area contributed by atoms with E-state index in [1.807, 2.05) is 42.5 Å². The van der Waals surface area contributed by atoms with E-state index >= 15 is 0 Å². The Hall–Kier alpha value is -1.62. The van der Waals surface area contributed by atoms with Crippen LogP contribution in [0.15, 0.2) is 54.6 Å². The van der Waals surface area contributed by atoms with Crippen molar-refractivity contribution in [2.45, 2.75) is 19.6 Å². The van der Waals surface area contributed by atoms with Crippen molar-refractivity contribution in [1.29, 1.82) is 0 Å². The van der Waals surface area contributed by atoms with Gasteiger partial charge in [-0.25, -0.2) is 0 Å². The average Bonchev–Trinajstić information content (AvgIpc) is 2.73. The summed E-state index contributed by atoms with van der Waals surface area (Å²) in [5, 5.41) is 5.64. The van der Waals surface area contributed by atoms with Gasteiger partial charge in [0.05, 0.1) is 22.2 Å². The highest BCUT2D eigenvalue weighted by Crippen LogP contribution is 2.37. The monoisotopic (exact) mass is 483 g/mol. The van der Waals surface area contributed by atoms with Crippen LogP contribution in [0.25, 0.3) is 0 Å². The lowest BCUT2D eigenvalue weighted by molar-refractivity contribution is 0.284. The molecule has 0 fully saturated rings. The molecule has 7 heteroatoms. The summed E-state index contributed by atoms with van der Waals surface area (Å²) in [5.41, 5.74) is 3.12. The van der Waals surface area contributed by atoms with Gasteiger partial charge in [-0.15, -0.1) is 0 Å². The lowest BCUT2D eigenvalue weighted by atomic mass is 10.1. The first-order valence-corrected chi connectivity index (χ1v) is 10.9. The van der Waals surface area contributed by atoms with Crippen LogP contribution in [-0.2, 0) is 19.6 Å². The highest BCUT2D eigenvalue weighted by Gasteiger charge is 2.13. The first-order valence-electron chi connectivity index (χ1n) is 9.34. The van der Waals surface area contributed by atoms with Gasteiger partial charge in [0.15, 0.2) is 11.5 Å². The molecule has 0 bridgehead atoms. The molecule has 3 rings (SSSR count). The molecule has 3 aromatic rings. The second kappa shape index (κ2) is 11.1. The van der Waals surface area contributed by atoms with Crippen molar-refractivity contribution < 1.29 is 9.47 Å². The quantitative estimate of drug-likeness (QED) is 0.325. The lowest BCUT2D eigenvalue weighted by Crippen LogP contribution is -2.16. The number of halogens is 4. The van der Waals surface area contributed by atoms with Gasteiger partial charge in [-0.1, -0.05) is 64.6 Å². The molecule has 0 aromatic heterocycles. The summed E-state index contributed by atoms with van der Waals surface area (Å²) in [6, 6.07) is 17.0. The third-order valence-electron chi connectivity index (χ3n) is 4.49. The minimum Gasteiger partial charge on any atom is -0.493 e. The topological polar surface area (TPSA) is 30.5 Å². The van der Waals surface area contributed by atoms with E-state index in [4.69, 9.17) is 55.9 Å². The lowest BCUT2D eigenvalue weighted by Gasteiger charge is -2.15. The number of benzene rings is 3. The van der Waals surface area contributed by atoms with Crippen LogP contribution in [0.5, 0.6) is 11.5 Å². The SMILES string of the molecule is COc1cc(CNCCc2ccc(Cl)cc2)cc(Cl)c1OCc1ccc(Cl)c(Cl)c1. The zero-order valence-corrected chi connectivity index (χ0v) is 19.4. The highest BCUT2D eigenvalue weighted by molar-refractivity contribution is 6.42. The summed E-state index contributed by atoms with van der Waals surface area (Å²) in [5.74, 6) is 1.08. The van der Waals surface area contributed by atoms with Gasteiger partial charge in [0.25, 0.3) is 0 Å². The molecule has 0 heterocycles. The van der Waals surface area contributed by atoms with E-state index in [1.54, 1.807) is 19.2 Å². The first-order chi connectivity index (χ1) is 14.5. The summed E-state index contributed by atoms with van der Waals surface area (Å²) in [7, 11) is 1.59. The predicted molar refractivity (Wildman–Crippen MR) is 126 cm³/mol. The standard InChI is InChI=1S/C23H21Cl4NO2/c1-29-22-12-17(13-28-9-8-15-2-5-18(24)6-3-15)11-21(27)23(22)30-14-16-4-7-19(25)20(26)10-16/h2-7,10-12,28H,8-9,13-14H2,1H3. The van der Waals surface area contributed by atoms with Crippen molar-refractivity contribution in [3.05, 3.63) is 91.4 Å². The molecule has 0 radical (unpaired) electrons. The van der Waals surface area contributed by atoms with E-state index in [-0.39, 0.29) is 0 Å². The fraction of sp³-hybridized carbons (Fsp3) is 0.217. The Morgan fingerprint density at radius 3 is 2.17 bits per heavy atom. The van der Waals surface area contributed by atoms with Gasteiger partial charge < -0.3 is 14.8 Å². The Bertz CT molecular complexity index is 993. The van der Waals surface area contributed by atoms with Crippen LogP contribution in [0.2, 0.25) is 20.1 Å². The van der Waals surface area contributed by atoms with Gasteiger partial charge in [0.2, 0.25) is 0 Å². The molecule has 0 unspecified atom stereocenters. The van der Waals surface area contributed by atoms with Crippen molar-refractivity contribution in [1.82, 2.24) is 5.32 Å². The van der Waals surface area contributed by atoms with Crippen LogP contribution in [-0.4, -0.2) is 13.7 Å². The number of hydrogen-bond acceptors (Lipinski definition) is 3. The average molecular weight is 485 g/mol. The number of rotatable bonds is 9. The molecule has 0 saturated heterocycles. The van der Waals surface area contributed by atoms with Crippen LogP contribution >= 0.6 is 46.4 Å². The van der Waals surface area contributed by atoms with E-state index in [0.717, 1.165) is 29.1 Å². The minimum absolute atomic E-state index is 0.297. The summed E-state index contributed by atoms with van der Waals surface area (Å²) < 4.78 is 11.4. The van der Waals surface area contributed by atoms with Crippen LogP contribution < -0.4 is 14.8 Å². The van der Waals surface area contributed by atoms with Gasteiger partial charge in [0, 0.05) is 11.6 Å². The second-order valence-electron chi connectivity index (χ2n) is 6.70. The zero-order chi connectivity index (χ0) is 21.5. The molecule has 158 valence electrons. The van der Waals surface area contributed by atoms with Gasteiger partial charge in [-0.3, -0.25) is 0 Å². The van der Waals surface area contributed by atoms with E-state index in [2.05, 4.69) is 5.32 Å². The Balaban J connectivity index is 1.58. The fourth-order valence-electron chi connectivity index (χ4n) is 2.92. The summed E-state index contributed by atoms with van der Waals surface area (Å²) in [6.07, 6.45) is 0.910. The number of nitrogens with one attached hydrogen (secondary N) is 1. The highest BCUT2D eigenvalue weighted by atomic mass is 35.5. The summed E-state index contributed by atoms with van der Waals surface area (Å²) in [6.45, 7) is 1.79. The van der Waals surface area contributed by atoms with Crippen molar-refractivity contribution in [3.63, 3.8) is 0 Å². The van der Waals surface area contributed by atoms with Crippen LogP contribution in [0.3, 0.4) is 0 Å². The van der Waals surface area contributed by atoms with Gasteiger partial charge in [-0.2, -0.15) is 0 Å². The fourth-order valence-corrected chi connectivity index (χ4v) is 3.65. The molecule has 0 aliphatic carbocycles. The molecule has 0 aliphatic rings. The molecule has 3 aromatic carbocycles. The van der Waals surface area contributed by atoms with Gasteiger partial charge in [0.1, 0.15) is 6.61 Å². The largest absolute Gasteiger partial charge is 0.493 e. The normalized spacial score (nSPS) is 10.8. The Kier molecular flexibility index (Phi) is 8.55. The smallest absolute Gasteiger partial charge is 0.180 e. The molecule has 0 saturated carbocycles. The van der Waals surface area contributed by atoms with Crippen LogP contribution in [0.1, 0.15) is 16.7 Å². The molecular weight excluding hydrogens is 464 g/mol. The molecule has 1 N–H and O–H groups in total. The molecule has 0 aliphatic heterocycles. The number of ether oxygens (including phenoxy) is 2. The molecule has 30 heavy (non-hydrogen) atoms. The number of methoxy groups -OCH3 is 1. The van der Waals surface area contributed by atoms with Crippen molar-refractivity contribution in [3.8, 4) is 11.5 Å². The van der Waals surface area contributed by atoms with E-state index in [0.29, 0.717) is 39.7 Å². The maximum absolute atomic E-state index is 6.47. The zero-order valence-electron chi connectivity index (χ0n) is 16.4. The maximum atomic E-state index is 6.47. The Labute approximate surface area is 196 Å². The van der Waals surface area contributed by atoms with Gasteiger partial charge >= 0.3 is 0 Å². The van der Waals surface area contributed by atoms with Gasteiger partial charge in [-0.05, 0) is 66.1 Å². The van der Waals surface area contributed by atoms with Crippen molar-refractivity contribution >= 4 is 46.4 Å². The second-order valence-corrected chi connectivity index (χ2v) is 8.36. The predicted octanol–water partition coefficient (Wildman–Crippen LogP) is 7.22.